The third kappa shape index (κ3) is 5.10. The van der Waals surface area contributed by atoms with Gasteiger partial charge in [0.05, 0.1) is 29.7 Å². The lowest BCUT2D eigenvalue weighted by Gasteiger charge is -2.43. The predicted octanol–water partition coefficient (Wildman–Crippen LogP) is 4.42. The highest BCUT2D eigenvalue weighted by Crippen LogP contribution is 2.29. The maximum absolute atomic E-state index is 13.7. The fourth-order valence-corrected chi connectivity index (χ4v) is 4.90. The summed E-state index contributed by atoms with van der Waals surface area (Å²) >= 11 is 0. The summed E-state index contributed by atoms with van der Waals surface area (Å²) in [4.78, 5) is 35.9. The van der Waals surface area contributed by atoms with E-state index in [1.54, 1.807) is 11.7 Å². The van der Waals surface area contributed by atoms with Gasteiger partial charge in [0.15, 0.2) is 0 Å². The fourth-order valence-electron chi connectivity index (χ4n) is 4.90. The lowest BCUT2D eigenvalue weighted by Crippen LogP contribution is -2.55. The molecule has 0 spiro atoms. The van der Waals surface area contributed by atoms with E-state index in [1.165, 1.54) is 0 Å². The predicted molar refractivity (Wildman–Crippen MR) is 139 cm³/mol. The zero-order chi connectivity index (χ0) is 25.3. The number of ether oxygens (including phenoxy) is 1. The Hall–Kier alpha value is -3.19. The molecule has 1 aliphatic rings. The quantitative estimate of drug-likeness (QED) is 0.545. The van der Waals surface area contributed by atoms with Crippen molar-refractivity contribution < 1.29 is 9.53 Å². The van der Waals surface area contributed by atoms with E-state index in [1.807, 2.05) is 53.4 Å². The Bertz CT molecular complexity index is 1280. The van der Waals surface area contributed by atoms with Gasteiger partial charge in [-0.2, -0.15) is 0 Å². The third-order valence-corrected chi connectivity index (χ3v) is 6.71. The molecule has 1 saturated heterocycles. The van der Waals surface area contributed by atoms with Gasteiger partial charge in [-0.05, 0) is 43.5 Å². The number of methoxy groups -OCH3 is 1. The van der Waals surface area contributed by atoms with Gasteiger partial charge in [0, 0.05) is 32.1 Å². The summed E-state index contributed by atoms with van der Waals surface area (Å²) < 4.78 is 7.29. The molecule has 1 aliphatic heterocycles. The summed E-state index contributed by atoms with van der Waals surface area (Å²) in [5, 5.41) is 0.570. The molecule has 1 amide bonds. The highest BCUT2D eigenvalue weighted by molar-refractivity contribution is 5.78. The molecule has 1 fully saturated rings. The lowest BCUT2D eigenvalue weighted by atomic mass is 9.91. The number of amides is 1. The van der Waals surface area contributed by atoms with E-state index in [4.69, 9.17) is 9.72 Å². The van der Waals surface area contributed by atoms with E-state index in [0.717, 1.165) is 6.54 Å². The average molecular weight is 477 g/mol. The zero-order valence-corrected chi connectivity index (χ0v) is 21.6. The molecule has 0 radical (unpaired) electrons. The van der Waals surface area contributed by atoms with Crippen LogP contribution in [0.15, 0.2) is 53.3 Å². The maximum atomic E-state index is 13.7. The van der Waals surface area contributed by atoms with Crippen molar-refractivity contribution in [2.24, 2.45) is 5.41 Å². The van der Waals surface area contributed by atoms with Crippen molar-refractivity contribution in [3.8, 4) is 11.4 Å². The van der Waals surface area contributed by atoms with Crippen LogP contribution in [0.3, 0.4) is 0 Å². The molecule has 4 rings (SSSR count). The highest BCUT2D eigenvalue weighted by atomic mass is 16.5. The Morgan fingerprint density at radius 2 is 1.80 bits per heavy atom. The first-order valence-electron chi connectivity index (χ1n) is 12.3. The molecule has 0 bridgehead atoms. The molecule has 2 atom stereocenters. The Morgan fingerprint density at radius 3 is 2.49 bits per heavy atom. The Morgan fingerprint density at radius 1 is 1.11 bits per heavy atom. The summed E-state index contributed by atoms with van der Waals surface area (Å²) in [6, 6.07) is 14.9. The highest BCUT2D eigenvalue weighted by Gasteiger charge is 2.33. The van der Waals surface area contributed by atoms with E-state index in [0.29, 0.717) is 47.7 Å². The number of para-hydroxylation sites is 3. The standard InChI is InChI=1S/C28H36N4O3/c1-19-18-30(15-16-31(19)25(33)17-28(3,4)5)20(2)26-29-22-12-8-7-11-21(22)27(34)32(26)23-13-9-10-14-24(23)35-6/h7-14,19-20H,15-18H2,1-6H3. The Kier molecular flexibility index (Phi) is 6.99. The van der Waals surface area contributed by atoms with Gasteiger partial charge in [-0.1, -0.05) is 45.0 Å². The van der Waals surface area contributed by atoms with E-state index in [-0.39, 0.29) is 29.0 Å². The second-order valence-electron chi connectivity index (χ2n) is 10.6. The monoisotopic (exact) mass is 476 g/mol. The number of aromatic nitrogens is 2. The van der Waals surface area contributed by atoms with Crippen molar-refractivity contribution in [3.63, 3.8) is 0 Å². The molecule has 35 heavy (non-hydrogen) atoms. The number of hydrogen-bond acceptors (Lipinski definition) is 5. The first-order valence-corrected chi connectivity index (χ1v) is 12.3. The molecule has 2 unspecified atom stereocenters. The van der Waals surface area contributed by atoms with Crippen LogP contribution in [0.5, 0.6) is 5.75 Å². The molecular weight excluding hydrogens is 440 g/mol. The molecule has 2 heterocycles. The van der Waals surface area contributed by atoms with E-state index >= 15 is 0 Å². The van der Waals surface area contributed by atoms with Gasteiger partial charge in [-0.15, -0.1) is 0 Å². The van der Waals surface area contributed by atoms with Crippen LogP contribution in [-0.2, 0) is 4.79 Å². The molecule has 1 aromatic heterocycles. The maximum Gasteiger partial charge on any atom is 0.266 e. The van der Waals surface area contributed by atoms with Crippen LogP contribution in [0.1, 0.15) is 52.9 Å². The van der Waals surface area contributed by atoms with Gasteiger partial charge in [-0.25, -0.2) is 4.98 Å². The van der Waals surface area contributed by atoms with Crippen LogP contribution >= 0.6 is 0 Å². The molecule has 0 N–H and O–H groups in total. The first-order chi connectivity index (χ1) is 16.6. The van der Waals surface area contributed by atoms with E-state index in [2.05, 4.69) is 39.5 Å². The number of fused-ring (bicyclic) bond motifs is 1. The lowest BCUT2D eigenvalue weighted by molar-refractivity contribution is -0.138. The number of piperazine rings is 1. The molecule has 7 nitrogen and oxygen atoms in total. The first kappa shape index (κ1) is 24.9. The second kappa shape index (κ2) is 9.82. The summed E-state index contributed by atoms with van der Waals surface area (Å²) in [5.74, 6) is 1.48. The van der Waals surface area contributed by atoms with Gasteiger partial charge >= 0.3 is 0 Å². The summed E-state index contributed by atoms with van der Waals surface area (Å²) in [6.45, 7) is 12.6. The number of carbonyl (C=O) groups is 1. The van der Waals surface area contributed by atoms with Crippen LogP contribution in [-0.4, -0.2) is 58.0 Å². The number of nitrogens with zero attached hydrogens (tertiary/aromatic N) is 4. The minimum absolute atomic E-state index is 0.0406. The SMILES string of the molecule is COc1ccccc1-n1c(C(C)N2CCN(C(=O)CC(C)(C)C)C(C)C2)nc2ccccc2c1=O. The van der Waals surface area contributed by atoms with Crippen molar-refractivity contribution in [2.45, 2.75) is 53.1 Å². The van der Waals surface area contributed by atoms with Crippen molar-refractivity contribution in [1.82, 2.24) is 19.4 Å². The minimum atomic E-state index is -0.139. The summed E-state index contributed by atoms with van der Waals surface area (Å²) in [5.41, 5.74) is 1.19. The minimum Gasteiger partial charge on any atom is -0.495 e. The topological polar surface area (TPSA) is 67.7 Å². The van der Waals surface area contributed by atoms with Gasteiger partial charge in [0.25, 0.3) is 5.56 Å². The second-order valence-corrected chi connectivity index (χ2v) is 10.6. The Labute approximate surface area is 207 Å². The number of rotatable bonds is 5. The molecule has 3 aromatic rings. The molecular formula is C28H36N4O3. The van der Waals surface area contributed by atoms with E-state index in [9.17, 15) is 9.59 Å². The van der Waals surface area contributed by atoms with Gasteiger partial charge in [0.2, 0.25) is 5.91 Å². The van der Waals surface area contributed by atoms with Crippen LogP contribution in [0.4, 0.5) is 0 Å². The van der Waals surface area contributed by atoms with Crippen LogP contribution in [0.2, 0.25) is 0 Å². The van der Waals surface area contributed by atoms with Crippen molar-refractivity contribution in [2.75, 3.05) is 26.7 Å². The van der Waals surface area contributed by atoms with Crippen molar-refractivity contribution >= 4 is 16.8 Å². The van der Waals surface area contributed by atoms with Gasteiger partial charge in [-0.3, -0.25) is 19.1 Å². The zero-order valence-electron chi connectivity index (χ0n) is 21.6. The van der Waals surface area contributed by atoms with Crippen molar-refractivity contribution in [1.29, 1.82) is 0 Å². The molecule has 0 saturated carbocycles. The normalized spacial score (nSPS) is 18.0. The Balaban J connectivity index is 1.72. The van der Waals surface area contributed by atoms with Crippen LogP contribution in [0.25, 0.3) is 16.6 Å². The smallest absolute Gasteiger partial charge is 0.266 e. The largest absolute Gasteiger partial charge is 0.495 e. The summed E-state index contributed by atoms with van der Waals surface area (Å²) in [6.07, 6.45) is 0.534. The molecule has 7 heteroatoms. The molecule has 2 aromatic carbocycles. The summed E-state index contributed by atoms with van der Waals surface area (Å²) in [7, 11) is 1.61. The number of benzene rings is 2. The van der Waals surface area contributed by atoms with Crippen LogP contribution < -0.4 is 10.3 Å². The molecule has 0 aliphatic carbocycles. The average Bonchev–Trinajstić information content (AvgIpc) is 2.82. The van der Waals surface area contributed by atoms with Gasteiger partial charge in [0.1, 0.15) is 11.6 Å². The number of hydrogen-bond donors (Lipinski definition) is 0. The van der Waals surface area contributed by atoms with E-state index < -0.39 is 0 Å². The van der Waals surface area contributed by atoms with Gasteiger partial charge < -0.3 is 9.64 Å². The van der Waals surface area contributed by atoms with Crippen molar-refractivity contribution in [3.05, 3.63) is 64.7 Å². The molecule has 186 valence electrons. The third-order valence-electron chi connectivity index (χ3n) is 6.71. The number of carbonyl (C=O) groups excluding carboxylic acids is 1. The fraction of sp³-hybridized carbons (Fsp3) is 0.464. The van der Waals surface area contributed by atoms with Crippen LogP contribution in [0, 0.1) is 5.41 Å².